The van der Waals surface area contributed by atoms with Gasteiger partial charge in [-0.1, -0.05) is 96.8 Å². The molecular weight excluding hydrogens is 552 g/mol. The van der Waals surface area contributed by atoms with Gasteiger partial charge in [0.15, 0.2) is 5.82 Å². The Labute approximate surface area is 241 Å². The van der Waals surface area contributed by atoms with Gasteiger partial charge in [-0.15, -0.1) is 11.5 Å². The van der Waals surface area contributed by atoms with E-state index >= 15 is 0 Å². The monoisotopic (exact) mass is 585 g/mol. The van der Waals surface area contributed by atoms with Gasteiger partial charge in [-0.3, -0.25) is 4.99 Å². The van der Waals surface area contributed by atoms with Gasteiger partial charge in [-0.25, -0.2) is 9.97 Å². The Bertz CT molecular complexity index is 1120. The molecule has 2 aromatic carbocycles. The van der Waals surface area contributed by atoms with Crippen LogP contribution in [0.5, 0.6) is 11.5 Å². The Morgan fingerprint density at radius 3 is 1.54 bits per heavy atom. The molecule has 0 fully saturated rings. The number of para-hydroxylation sites is 1. The minimum Gasteiger partial charge on any atom is -0.873 e. The van der Waals surface area contributed by atoms with Gasteiger partial charge in [0, 0.05) is 12.4 Å². The first-order valence-electron chi connectivity index (χ1n) is 12.1. The number of rotatable bonds is 4. The molecule has 0 atom stereocenters. The standard InChI is InChI=1S/C15H17N3.C14H20Cl2O2.Ni/c1-3-12-7-5-8-13(4-2)15(12)18-11-14-16-9-6-10-17-14;1-13(2,3)7-9(15)10(16)8(14(4,5)6)12(18)11(7)17;/h5-11H,3-4H2,1-2H3;17-18H,1-6H3;/q;;+2/p-2. The minimum absolute atomic E-state index is 0. The van der Waals surface area contributed by atoms with E-state index in [-0.39, 0.29) is 26.5 Å². The molecule has 8 heteroatoms. The van der Waals surface area contributed by atoms with Crippen LogP contribution in [0.25, 0.3) is 0 Å². The fraction of sp³-hybridized carbons (Fsp3) is 0.414. The summed E-state index contributed by atoms with van der Waals surface area (Å²) in [6.07, 6.45) is 7.14. The van der Waals surface area contributed by atoms with Crippen molar-refractivity contribution >= 4 is 35.1 Å². The van der Waals surface area contributed by atoms with Crippen molar-refractivity contribution in [2.75, 3.05) is 0 Å². The summed E-state index contributed by atoms with van der Waals surface area (Å²) in [4.78, 5) is 12.9. The second-order valence-corrected chi connectivity index (χ2v) is 11.3. The van der Waals surface area contributed by atoms with Crippen LogP contribution in [0, 0.1) is 0 Å². The number of aryl methyl sites for hydroxylation is 2. The van der Waals surface area contributed by atoms with E-state index in [1.54, 1.807) is 24.7 Å². The molecule has 0 radical (unpaired) electrons. The first kappa shape index (κ1) is 32.9. The van der Waals surface area contributed by atoms with Crippen LogP contribution in [-0.2, 0) is 40.2 Å². The summed E-state index contributed by atoms with van der Waals surface area (Å²) in [7, 11) is 0. The summed E-state index contributed by atoms with van der Waals surface area (Å²) in [5.74, 6) is -0.436. The predicted molar refractivity (Wildman–Crippen MR) is 147 cm³/mol. The van der Waals surface area contributed by atoms with E-state index in [1.807, 2.05) is 41.5 Å². The average molecular weight is 587 g/mol. The fourth-order valence-corrected chi connectivity index (χ4v) is 4.79. The molecular formula is C29H35Cl2N3NiO2. The Balaban J connectivity index is 0.000000360. The largest absolute Gasteiger partial charge is 2.00 e. The molecule has 0 aliphatic rings. The Morgan fingerprint density at radius 1 is 0.784 bits per heavy atom. The SMILES string of the molecule is CC(C)(C)c1c([O-])c([O-])c(C(C)(C)C)c(Cl)c1Cl.CCc1cccc(CC)c1N=Cc1ncccn1.[Ni+2]. The van der Waals surface area contributed by atoms with E-state index in [1.165, 1.54) is 11.1 Å². The van der Waals surface area contributed by atoms with Gasteiger partial charge in [0.1, 0.15) is 0 Å². The molecule has 0 bridgehead atoms. The molecule has 3 aromatic rings. The van der Waals surface area contributed by atoms with Crippen molar-refractivity contribution in [2.24, 2.45) is 4.99 Å². The molecule has 202 valence electrons. The third-order valence-electron chi connectivity index (χ3n) is 5.65. The molecule has 37 heavy (non-hydrogen) atoms. The number of hydrogen-bond acceptors (Lipinski definition) is 5. The third-order valence-corrected chi connectivity index (χ3v) is 6.50. The van der Waals surface area contributed by atoms with E-state index in [9.17, 15) is 10.2 Å². The number of halogens is 2. The van der Waals surface area contributed by atoms with Gasteiger partial charge in [0.05, 0.1) is 21.9 Å². The van der Waals surface area contributed by atoms with E-state index < -0.39 is 22.3 Å². The van der Waals surface area contributed by atoms with Crippen molar-refractivity contribution in [1.82, 2.24) is 9.97 Å². The Kier molecular flexibility index (Phi) is 12.1. The molecule has 0 saturated carbocycles. The van der Waals surface area contributed by atoms with E-state index in [4.69, 9.17) is 23.2 Å². The second kappa shape index (κ2) is 13.6. The summed E-state index contributed by atoms with van der Waals surface area (Å²) in [5.41, 5.74) is 3.18. The van der Waals surface area contributed by atoms with Crippen molar-refractivity contribution in [3.05, 3.63) is 74.8 Å². The predicted octanol–water partition coefficient (Wildman–Crippen LogP) is 7.09. The minimum atomic E-state index is -0.540. The van der Waals surface area contributed by atoms with Gasteiger partial charge < -0.3 is 10.2 Å². The number of nitrogens with zero attached hydrogens (tertiary/aromatic N) is 3. The molecule has 1 aromatic heterocycles. The maximum atomic E-state index is 12.2. The van der Waals surface area contributed by atoms with Crippen LogP contribution < -0.4 is 10.2 Å². The van der Waals surface area contributed by atoms with Crippen LogP contribution in [0.4, 0.5) is 5.69 Å². The molecule has 0 aliphatic heterocycles. The van der Waals surface area contributed by atoms with Crippen molar-refractivity contribution in [2.45, 2.75) is 79.1 Å². The van der Waals surface area contributed by atoms with E-state index in [2.05, 4.69) is 47.0 Å². The number of aliphatic imine (C=N–C) groups is 1. The maximum Gasteiger partial charge on any atom is 2.00 e. The van der Waals surface area contributed by atoms with Gasteiger partial charge in [0.25, 0.3) is 0 Å². The molecule has 0 unspecified atom stereocenters. The summed E-state index contributed by atoms with van der Waals surface area (Å²) in [6.45, 7) is 15.3. The van der Waals surface area contributed by atoms with Crippen LogP contribution in [0.2, 0.25) is 10.0 Å². The van der Waals surface area contributed by atoms with Crippen molar-refractivity contribution in [3.8, 4) is 11.5 Å². The van der Waals surface area contributed by atoms with Crippen molar-refractivity contribution in [3.63, 3.8) is 0 Å². The number of aromatic nitrogens is 2. The van der Waals surface area contributed by atoms with Crippen LogP contribution in [0.3, 0.4) is 0 Å². The Morgan fingerprint density at radius 2 is 1.19 bits per heavy atom. The summed E-state index contributed by atoms with van der Waals surface area (Å²) in [6, 6.07) is 8.14. The van der Waals surface area contributed by atoms with Gasteiger partial charge in [-0.05, 0) is 52.0 Å². The zero-order valence-electron chi connectivity index (χ0n) is 22.7. The fourth-order valence-electron chi connectivity index (χ4n) is 3.87. The van der Waals surface area contributed by atoms with Crippen LogP contribution in [-0.4, -0.2) is 16.2 Å². The molecule has 0 saturated heterocycles. The van der Waals surface area contributed by atoms with E-state index in [0.717, 1.165) is 18.5 Å². The number of benzene rings is 2. The van der Waals surface area contributed by atoms with Crippen molar-refractivity contribution in [1.29, 1.82) is 0 Å². The molecule has 5 nitrogen and oxygen atoms in total. The molecule has 0 aliphatic carbocycles. The summed E-state index contributed by atoms with van der Waals surface area (Å²) < 4.78 is 0. The molecule has 1 heterocycles. The van der Waals surface area contributed by atoms with Crippen LogP contribution in [0.15, 0.2) is 41.7 Å². The summed E-state index contributed by atoms with van der Waals surface area (Å²) >= 11 is 12.4. The van der Waals surface area contributed by atoms with Crippen LogP contribution in [0.1, 0.15) is 83.5 Å². The number of hydrogen-bond donors (Lipinski definition) is 0. The quantitative estimate of drug-likeness (QED) is 0.241. The summed E-state index contributed by atoms with van der Waals surface area (Å²) in [5, 5.41) is 24.8. The molecule has 0 amide bonds. The zero-order chi connectivity index (χ0) is 27.3. The smallest absolute Gasteiger partial charge is 0.873 e. The second-order valence-electron chi connectivity index (χ2n) is 10.5. The Hall–Kier alpha value is -2.14. The molecule has 3 rings (SSSR count). The normalized spacial score (nSPS) is 11.6. The van der Waals surface area contributed by atoms with Crippen LogP contribution >= 0.6 is 23.2 Å². The van der Waals surface area contributed by atoms with Gasteiger partial charge in [0.2, 0.25) is 0 Å². The first-order chi connectivity index (χ1) is 16.7. The van der Waals surface area contributed by atoms with Gasteiger partial charge in [-0.2, -0.15) is 0 Å². The topological polar surface area (TPSA) is 84.3 Å². The zero-order valence-corrected chi connectivity index (χ0v) is 25.2. The van der Waals surface area contributed by atoms with Gasteiger partial charge >= 0.3 is 16.5 Å². The van der Waals surface area contributed by atoms with E-state index in [0.29, 0.717) is 17.0 Å². The molecule has 0 spiro atoms. The third kappa shape index (κ3) is 8.17. The van der Waals surface area contributed by atoms with Crippen molar-refractivity contribution < 1.29 is 26.7 Å². The first-order valence-corrected chi connectivity index (χ1v) is 12.8. The maximum absolute atomic E-state index is 12.2. The molecule has 0 N–H and O–H groups in total. The average Bonchev–Trinajstić information content (AvgIpc) is 2.80.